The highest BCUT2D eigenvalue weighted by Gasteiger charge is 2.49. The van der Waals surface area contributed by atoms with Crippen molar-refractivity contribution in [3.63, 3.8) is 0 Å². The first kappa shape index (κ1) is 20.0. The summed E-state index contributed by atoms with van der Waals surface area (Å²) in [5.41, 5.74) is 3.86. The minimum absolute atomic E-state index is 0.0115. The molecule has 1 aromatic heterocycles. The van der Waals surface area contributed by atoms with Crippen LogP contribution in [-0.2, 0) is 29.4 Å². The van der Waals surface area contributed by atoms with Crippen LogP contribution in [0.5, 0.6) is 0 Å². The van der Waals surface area contributed by atoms with Crippen LogP contribution in [0.1, 0.15) is 13.8 Å². The lowest BCUT2D eigenvalue weighted by Crippen LogP contribution is -2.67. The van der Waals surface area contributed by atoms with Gasteiger partial charge in [-0.3, -0.25) is 19.0 Å². The van der Waals surface area contributed by atoms with E-state index in [-0.39, 0.29) is 15.3 Å². The van der Waals surface area contributed by atoms with Gasteiger partial charge >= 0.3 is 16.3 Å². The van der Waals surface area contributed by atoms with Gasteiger partial charge in [0.15, 0.2) is 10.7 Å². The highest BCUT2D eigenvalue weighted by atomic mass is 32.2. The van der Waals surface area contributed by atoms with Gasteiger partial charge in [-0.05, 0) is 13.8 Å². The van der Waals surface area contributed by atoms with E-state index in [1.165, 1.54) is 19.2 Å². The van der Waals surface area contributed by atoms with Gasteiger partial charge < -0.3 is 15.6 Å². The molecule has 1 saturated heterocycles. The van der Waals surface area contributed by atoms with E-state index in [0.717, 1.165) is 16.2 Å². The number of hydrogen-bond donors (Lipinski definition) is 3. The largest absolute Gasteiger partial charge is 0.479 e. The molecule has 0 spiro atoms. The number of ether oxygens (including phenoxy) is 1. The first-order valence-electron chi connectivity index (χ1n) is 7.04. The molecule has 0 unspecified atom stereocenters. The number of aliphatic carboxylic acids is 1. The molecular weight excluding hydrogens is 392 g/mol. The number of carboxylic acid groups (broad SMARTS) is 1. The molecule has 12 nitrogen and oxygen atoms in total. The predicted octanol–water partition coefficient (Wildman–Crippen LogP) is -1.05. The summed E-state index contributed by atoms with van der Waals surface area (Å²) in [5, 5.41) is 10.5. The Hall–Kier alpha value is -2.29. The molecular formula is C12H16N4O8S2. The summed E-state index contributed by atoms with van der Waals surface area (Å²) < 4.78 is 36.3. The molecule has 1 aromatic rings. The van der Waals surface area contributed by atoms with Gasteiger partial charge in [0.05, 0.1) is 6.54 Å². The van der Waals surface area contributed by atoms with Crippen LogP contribution < -0.4 is 10.6 Å². The van der Waals surface area contributed by atoms with Gasteiger partial charge in [0, 0.05) is 5.38 Å². The normalized spacial score (nSPS) is 17.7. The molecule has 26 heavy (non-hydrogen) atoms. The molecule has 0 radical (unpaired) electrons. The van der Waals surface area contributed by atoms with Crippen molar-refractivity contribution >= 4 is 50.4 Å². The van der Waals surface area contributed by atoms with Crippen molar-refractivity contribution in [2.24, 2.45) is 0 Å². The standard InChI is InChI=1S/C12H16N4O8S2/c1-12(2,10(19)20)24-4-8(17)16(7-5-25-11(13)14-7)6-3-15(9(6)18)26(21,22)23/h5-6H,3-4H2,1-2H3,(H2,13,14)(H,19,20)(H,21,22,23)/t6-/m0/s1. The Morgan fingerprint density at radius 1 is 1.54 bits per heavy atom. The van der Waals surface area contributed by atoms with Crippen LogP contribution >= 0.6 is 11.3 Å². The number of anilines is 2. The SMILES string of the molecule is CC(C)(OCC(=O)N(c1csc(N)n1)[C@H]1CN(S(=O)(=O)O)C1=O)C(=O)O. The fraction of sp³-hybridized carbons (Fsp3) is 0.500. The summed E-state index contributed by atoms with van der Waals surface area (Å²) in [6.45, 7) is 1.29. The summed E-state index contributed by atoms with van der Waals surface area (Å²) in [6.07, 6.45) is 0. The van der Waals surface area contributed by atoms with E-state index in [2.05, 4.69) is 4.98 Å². The second-order valence-corrected chi connectivity index (χ2v) is 8.00. The third kappa shape index (κ3) is 3.92. The van der Waals surface area contributed by atoms with Gasteiger partial charge in [-0.2, -0.15) is 8.42 Å². The number of hydrogen-bond acceptors (Lipinski definition) is 9. The number of β-lactam (4-membered cyclic amide) rings is 1. The molecule has 4 N–H and O–H groups in total. The van der Waals surface area contributed by atoms with Crippen molar-refractivity contribution < 1.29 is 37.2 Å². The Kier molecular flexibility index (Phi) is 5.23. The third-order valence-electron chi connectivity index (χ3n) is 3.56. The van der Waals surface area contributed by atoms with E-state index >= 15 is 0 Å². The monoisotopic (exact) mass is 408 g/mol. The summed E-state index contributed by atoms with van der Waals surface area (Å²) in [7, 11) is -4.74. The van der Waals surface area contributed by atoms with Crippen LogP contribution in [0.15, 0.2) is 5.38 Å². The topological polar surface area (TPSA) is 180 Å². The molecule has 0 bridgehead atoms. The zero-order valence-corrected chi connectivity index (χ0v) is 15.3. The number of nitrogen functional groups attached to an aromatic ring is 1. The maximum atomic E-state index is 12.5. The van der Waals surface area contributed by atoms with E-state index in [4.69, 9.17) is 20.1 Å². The van der Waals surface area contributed by atoms with Crippen LogP contribution in [0.2, 0.25) is 0 Å². The van der Waals surface area contributed by atoms with Crippen molar-refractivity contribution in [2.75, 3.05) is 23.8 Å². The van der Waals surface area contributed by atoms with Crippen molar-refractivity contribution in [2.45, 2.75) is 25.5 Å². The Labute approximate surface area is 152 Å². The Morgan fingerprint density at radius 3 is 2.58 bits per heavy atom. The Morgan fingerprint density at radius 2 is 2.15 bits per heavy atom. The molecule has 2 amide bonds. The average molecular weight is 408 g/mol. The maximum Gasteiger partial charge on any atom is 0.362 e. The number of carbonyl (C=O) groups excluding carboxylic acids is 2. The summed E-state index contributed by atoms with van der Waals surface area (Å²) in [4.78, 5) is 40.4. The molecule has 1 aliphatic rings. The molecule has 1 fully saturated rings. The number of carbonyl (C=O) groups is 3. The van der Waals surface area contributed by atoms with Gasteiger partial charge in [-0.1, -0.05) is 0 Å². The number of nitrogens with zero attached hydrogens (tertiary/aromatic N) is 3. The molecule has 1 atom stereocenters. The number of amides is 2. The van der Waals surface area contributed by atoms with Crippen molar-refractivity contribution in [1.82, 2.24) is 9.29 Å². The van der Waals surface area contributed by atoms with Crippen molar-refractivity contribution in [1.29, 1.82) is 0 Å². The zero-order valence-electron chi connectivity index (χ0n) is 13.6. The smallest absolute Gasteiger partial charge is 0.362 e. The Bertz CT molecular complexity index is 849. The third-order valence-corrected chi connectivity index (χ3v) is 5.10. The van der Waals surface area contributed by atoms with E-state index < -0.39 is 52.9 Å². The van der Waals surface area contributed by atoms with Gasteiger partial charge in [0.2, 0.25) is 0 Å². The van der Waals surface area contributed by atoms with Crippen LogP contribution in [0.3, 0.4) is 0 Å². The first-order chi connectivity index (χ1) is 11.8. The van der Waals surface area contributed by atoms with E-state index in [0.29, 0.717) is 0 Å². The summed E-state index contributed by atoms with van der Waals surface area (Å²) >= 11 is 0.984. The van der Waals surface area contributed by atoms with Gasteiger partial charge in [0.25, 0.3) is 11.8 Å². The highest BCUT2D eigenvalue weighted by molar-refractivity contribution is 7.84. The number of carboxylic acids is 1. The minimum Gasteiger partial charge on any atom is -0.479 e. The van der Waals surface area contributed by atoms with E-state index in [1.54, 1.807) is 0 Å². The number of rotatable bonds is 7. The van der Waals surface area contributed by atoms with Crippen LogP contribution in [0.4, 0.5) is 10.9 Å². The predicted molar refractivity (Wildman–Crippen MR) is 88.7 cm³/mol. The minimum atomic E-state index is -4.74. The number of thiazole rings is 1. The number of nitrogens with two attached hydrogens (primary N) is 1. The molecule has 0 saturated carbocycles. The highest BCUT2D eigenvalue weighted by Crippen LogP contribution is 2.28. The second-order valence-electron chi connectivity index (χ2n) is 5.77. The molecule has 0 aromatic carbocycles. The lowest BCUT2D eigenvalue weighted by Gasteiger charge is -2.41. The molecule has 2 heterocycles. The van der Waals surface area contributed by atoms with Crippen LogP contribution in [0.25, 0.3) is 0 Å². The fourth-order valence-corrected chi connectivity index (χ4v) is 3.22. The number of aromatic nitrogens is 1. The first-order valence-corrected chi connectivity index (χ1v) is 9.31. The average Bonchev–Trinajstić information content (AvgIpc) is 2.92. The van der Waals surface area contributed by atoms with Crippen molar-refractivity contribution in [3.05, 3.63) is 5.38 Å². The molecule has 1 aliphatic heterocycles. The molecule has 14 heteroatoms. The summed E-state index contributed by atoms with van der Waals surface area (Å²) in [6, 6.07) is -1.25. The lowest BCUT2D eigenvalue weighted by molar-refractivity contribution is -0.163. The Balaban J connectivity index is 2.22. The van der Waals surface area contributed by atoms with Gasteiger partial charge in [0.1, 0.15) is 18.5 Å². The van der Waals surface area contributed by atoms with E-state index in [9.17, 15) is 22.8 Å². The summed E-state index contributed by atoms with van der Waals surface area (Å²) in [5.74, 6) is -3.17. The molecule has 2 rings (SSSR count). The zero-order chi connectivity index (χ0) is 19.9. The molecule has 144 valence electrons. The lowest BCUT2D eigenvalue weighted by atomic mass is 10.1. The quantitative estimate of drug-likeness (QED) is 0.372. The van der Waals surface area contributed by atoms with Crippen LogP contribution in [-0.4, -0.2) is 69.9 Å². The molecule has 0 aliphatic carbocycles. The van der Waals surface area contributed by atoms with Crippen LogP contribution in [0, 0.1) is 0 Å². The maximum absolute atomic E-state index is 12.5. The second kappa shape index (κ2) is 6.79. The van der Waals surface area contributed by atoms with E-state index in [1.807, 2.05) is 0 Å². The fourth-order valence-electron chi connectivity index (χ4n) is 2.00. The van der Waals surface area contributed by atoms with Crippen molar-refractivity contribution in [3.8, 4) is 0 Å². The van der Waals surface area contributed by atoms with Gasteiger partial charge in [-0.25, -0.2) is 14.1 Å². The van der Waals surface area contributed by atoms with Gasteiger partial charge in [-0.15, -0.1) is 11.3 Å².